The predicted molar refractivity (Wildman–Crippen MR) is 88.0 cm³/mol. The lowest BCUT2D eigenvalue weighted by atomic mass is 10.3. The van der Waals surface area contributed by atoms with Gasteiger partial charge in [0, 0.05) is 51.2 Å². The number of amides is 1. The second kappa shape index (κ2) is 7.39. The van der Waals surface area contributed by atoms with Gasteiger partial charge >= 0.3 is 5.97 Å². The molecule has 0 aromatic carbocycles. The lowest BCUT2D eigenvalue weighted by molar-refractivity contribution is -0.140. The van der Waals surface area contributed by atoms with Gasteiger partial charge < -0.3 is 10.4 Å². The molecule has 7 nitrogen and oxygen atoms in total. The van der Waals surface area contributed by atoms with Gasteiger partial charge in [0.1, 0.15) is 12.5 Å². The van der Waals surface area contributed by atoms with E-state index in [1.807, 2.05) is 0 Å². The molecule has 2 aliphatic rings. The smallest absolute Gasteiger partial charge is 0.327 e. The van der Waals surface area contributed by atoms with Crippen molar-refractivity contribution in [2.75, 3.05) is 44.2 Å². The Morgan fingerprint density at radius 2 is 1.90 bits per heavy atom. The van der Waals surface area contributed by atoms with E-state index < -0.39 is 18.5 Å². The molecule has 2 aliphatic heterocycles. The molecule has 2 rings (SSSR count). The lowest BCUT2D eigenvalue weighted by Gasteiger charge is -2.25. The maximum Gasteiger partial charge on any atom is 0.327 e. The summed E-state index contributed by atoms with van der Waals surface area (Å²) in [5, 5.41) is 14.9. The van der Waals surface area contributed by atoms with Crippen LogP contribution in [0, 0.1) is 0 Å². The summed E-state index contributed by atoms with van der Waals surface area (Å²) in [7, 11) is 0. The largest absolute Gasteiger partial charge is 0.480 e. The van der Waals surface area contributed by atoms with Crippen molar-refractivity contribution >= 4 is 41.9 Å². The van der Waals surface area contributed by atoms with Crippen LogP contribution in [-0.2, 0) is 21.4 Å². The van der Waals surface area contributed by atoms with Crippen molar-refractivity contribution in [1.29, 1.82) is 0 Å². The van der Waals surface area contributed by atoms with E-state index in [2.05, 4.69) is 19.7 Å². The Balaban J connectivity index is 1.65. The van der Waals surface area contributed by atoms with Crippen molar-refractivity contribution < 1.29 is 14.7 Å². The number of thioether (sulfide) groups is 1. The number of carbonyl (C=O) groups excluding carboxylic acids is 1. The normalized spacial score (nSPS) is 20.0. The Morgan fingerprint density at radius 1 is 1.33 bits per heavy atom. The van der Waals surface area contributed by atoms with Crippen molar-refractivity contribution in [2.24, 2.45) is 0 Å². The van der Waals surface area contributed by atoms with Gasteiger partial charge in [-0.05, 0) is 11.8 Å². The fraction of sp³-hybridized carbons (Fsp3) is 0.818. The standard InChI is InChI=1S/C11H21N4O3PS2/c1-9(16)13-10(11(17)18)8-21-7-2-12-19(20,14-3-4-14)15-5-6-15/h10H,2-8H2,1H3,(H,12,20)(H,13,16)(H,17,18). The van der Waals surface area contributed by atoms with Gasteiger partial charge in [-0.15, -0.1) is 0 Å². The van der Waals surface area contributed by atoms with Crippen LogP contribution in [0.1, 0.15) is 6.92 Å². The van der Waals surface area contributed by atoms with Gasteiger partial charge in [-0.1, -0.05) is 0 Å². The Labute approximate surface area is 134 Å². The van der Waals surface area contributed by atoms with Crippen LogP contribution in [0.2, 0.25) is 0 Å². The summed E-state index contributed by atoms with van der Waals surface area (Å²) in [6.45, 7) is 4.72. The highest BCUT2D eigenvalue weighted by atomic mass is 32.4. The number of rotatable bonds is 10. The van der Waals surface area contributed by atoms with Gasteiger partial charge in [-0.3, -0.25) is 9.88 Å². The van der Waals surface area contributed by atoms with E-state index in [1.54, 1.807) is 0 Å². The maximum atomic E-state index is 11.0. The molecule has 2 heterocycles. The lowest BCUT2D eigenvalue weighted by Crippen LogP contribution is -2.41. The second-order valence-electron chi connectivity index (χ2n) is 5.03. The number of hydrogen-bond donors (Lipinski definition) is 3. The summed E-state index contributed by atoms with van der Waals surface area (Å²) in [4.78, 5) is 21.9. The van der Waals surface area contributed by atoms with Gasteiger partial charge in [0.2, 0.25) is 5.91 Å². The second-order valence-corrected chi connectivity index (χ2v) is 10.2. The number of nitrogens with zero attached hydrogens (tertiary/aromatic N) is 2. The Kier molecular flexibility index (Phi) is 6.05. The molecule has 1 atom stereocenters. The van der Waals surface area contributed by atoms with Gasteiger partial charge in [-0.25, -0.2) is 14.1 Å². The van der Waals surface area contributed by atoms with Crippen LogP contribution in [0.4, 0.5) is 0 Å². The first-order valence-corrected chi connectivity index (χ1v) is 10.7. The van der Waals surface area contributed by atoms with E-state index in [1.165, 1.54) is 18.7 Å². The predicted octanol–water partition coefficient (Wildman–Crippen LogP) is -0.246. The number of carboxylic acids is 1. The van der Waals surface area contributed by atoms with E-state index in [4.69, 9.17) is 16.9 Å². The molecule has 0 aromatic heterocycles. The molecule has 1 unspecified atom stereocenters. The molecule has 0 saturated carbocycles. The molecule has 1 amide bonds. The Hall–Kier alpha value is -0.180. The fourth-order valence-electron chi connectivity index (χ4n) is 1.90. The zero-order chi connectivity index (χ0) is 15.5. The first-order valence-electron chi connectivity index (χ1n) is 6.87. The molecule has 10 heteroatoms. The zero-order valence-electron chi connectivity index (χ0n) is 11.9. The fourth-order valence-corrected chi connectivity index (χ4v) is 6.60. The molecule has 3 N–H and O–H groups in total. The quantitative estimate of drug-likeness (QED) is 0.282. The van der Waals surface area contributed by atoms with Crippen LogP contribution in [0.15, 0.2) is 0 Å². The number of carboxylic acid groups (broad SMARTS) is 1. The molecule has 120 valence electrons. The zero-order valence-corrected chi connectivity index (χ0v) is 14.5. The molecule has 0 aliphatic carbocycles. The third kappa shape index (κ3) is 5.19. The minimum atomic E-state index is -1.70. The highest BCUT2D eigenvalue weighted by Crippen LogP contribution is 2.56. The van der Waals surface area contributed by atoms with E-state index in [-0.39, 0.29) is 5.91 Å². The summed E-state index contributed by atoms with van der Waals surface area (Å²) in [6.07, 6.45) is 0. The summed E-state index contributed by atoms with van der Waals surface area (Å²) in [6, 6.07) is -0.824. The van der Waals surface area contributed by atoms with Crippen molar-refractivity contribution in [3.63, 3.8) is 0 Å². The van der Waals surface area contributed by atoms with E-state index in [9.17, 15) is 9.59 Å². The summed E-state index contributed by atoms with van der Waals surface area (Å²) < 4.78 is 4.63. The number of hydrogen-bond acceptors (Lipinski definition) is 4. The van der Waals surface area contributed by atoms with Crippen molar-refractivity contribution in [1.82, 2.24) is 19.7 Å². The van der Waals surface area contributed by atoms with Crippen molar-refractivity contribution in [2.45, 2.75) is 13.0 Å². The average molecular weight is 352 g/mol. The molecular weight excluding hydrogens is 331 g/mol. The molecular formula is C11H21N4O3PS2. The number of carbonyl (C=O) groups is 2. The Bertz CT molecular complexity index is 441. The first kappa shape index (κ1) is 17.2. The highest BCUT2D eigenvalue weighted by Gasteiger charge is 2.43. The van der Waals surface area contributed by atoms with Gasteiger partial charge in [0.15, 0.2) is 0 Å². The van der Waals surface area contributed by atoms with Crippen LogP contribution in [-0.4, -0.2) is 76.6 Å². The molecule has 0 radical (unpaired) electrons. The van der Waals surface area contributed by atoms with Crippen molar-refractivity contribution in [3.8, 4) is 0 Å². The van der Waals surface area contributed by atoms with Crippen LogP contribution < -0.4 is 10.4 Å². The number of aliphatic carboxylic acids is 1. The molecule has 2 fully saturated rings. The maximum absolute atomic E-state index is 11.0. The van der Waals surface area contributed by atoms with Gasteiger partial charge in [0.25, 0.3) is 0 Å². The molecule has 0 aromatic rings. The van der Waals surface area contributed by atoms with E-state index in [0.717, 1.165) is 38.5 Å². The van der Waals surface area contributed by atoms with E-state index >= 15 is 0 Å². The SMILES string of the molecule is CC(=O)NC(CSCCNP(=S)(N1CC1)N1CC1)C(=O)O. The van der Waals surface area contributed by atoms with Gasteiger partial charge in [-0.2, -0.15) is 11.8 Å². The minimum absolute atomic E-state index is 0.320. The average Bonchev–Trinajstić information content (AvgIpc) is 3.29. The monoisotopic (exact) mass is 352 g/mol. The molecule has 0 spiro atoms. The number of nitrogens with one attached hydrogen (secondary N) is 2. The third-order valence-electron chi connectivity index (χ3n) is 3.14. The van der Waals surface area contributed by atoms with Crippen LogP contribution in [0.25, 0.3) is 0 Å². The van der Waals surface area contributed by atoms with Crippen LogP contribution >= 0.6 is 18.3 Å². The molecule has 0 bridgehead atoms. The topological polar surface area (TPSA) is 84.5 Å². The molecule has 2 saturated heterocycles. The van der Waals surface area contributed by atoms with Gasteiger partial charge in [0.05, 0.1) is 0 Å². The van der Waals surface area contributed by atoms with Crippen LogP contribution in [0.3, 0.4) is 0 Å². The Morgan fingerprint density at radius 3 is 2.33 bits per heavy atom. The van der Waals surface area contributed by atoms with E-state index in [0.29, 0.717) is 5.75 Å². The summed E-state index contributed by atoms with van der Waals surface area (Å²) in [5.41, 5.74) is 0. The third-order valence-corrected chi connectivity index (χ3v) is 8.94. The first-order chi connectivity index (χ1) is 9.93. The van der Waals surface area contributed by atoms with Crippen LogP contribution in [0.5, 0.6) is 0 Å². The minimum Gasteiger partial charge on any atom is -0.480 e. The summed E-state index contributed by atoms with van der Waals surface area (Å²) >= 11 is 7.28. The highest BCUT2D eigenvalue weighted by molar-refractivity contribution is 8.11. The summed E-state index contributed by atoms with van der Waals surface area (Å²) in [5.74, 6) is -0.167. The van der Waals surface area contributed by atoms with Crippen molar-refractivity contribution in [3.05, 3.63) is 0 Å². The molecule has 21 heavy (non-hydrogen) atoms.